The van der Waals surface area contributed by atoms with Gasteiger partial charge in [-0.25, -0.2) is 0 Å². The van der Waals surface area contributed by atoms with Gasteiger partial charge in [0.05, 0.1) is 4.92 Å². The Kier molecular flexibility index (Phi) is 4.61. The number of nitro benzene ring substituents is 1. The van der Waals surface area contributed by atoms with Gasteiger partial charge in [0.1, 0.15) is 5.69 Å². The molecule has 0 saturated heterocycles. The van der Waals surface area contributed by atoms with Crippen LogP contribution in [0.2, 0.25) is 0 Å². The second kappa shape index (κ2) is 5.71. The Morgan fingerprint density at radius 2 is 1.86 bits per heavy atom. The average molecular weight is 293 g/mol. The average Bonchev–Trinajstić information content (AvgIpc) is 2.23. The maximum absolute atomic E-state index is 12.2. The maximum Gasteiger partial charge on any atom is 0.292 e. The van der Waals surface area contributed by atoms with Crippen molar-refractivity contribution in [3.63, 3.8) is 0 Å². The number of nitrogen functional groups attached to an aromatic ring is 1. The number of hydrogen-bond donors (Lipinski definition) is 2. The van der Waals surface area contributed by atoms with Crippen molar-refractivity contribution < 1.29 is 9.72 Å². The number of nitrogens with one attached hydrogen (secondary N) is 1. The molecule has 0 atom stereocenters. The molecule has 0 saturated carbocycles. The molecule has 6 nitrogen and oxygen atoms in total. The monoisotopic (exact) mass is 293 g/mol. The van der Waals surface area contributed by atoms with Gasteiger partial charge in [-0.2, -0.15) is 0 Å². The van der Waals surface area contributed by atoms with Crippen LogP contribution < -0.4 is 11.1 Å². The largest absolute Gasteiger partial charge is 0.393 e. The Labute approximate surface area is 124 Å². The maximum atomic E-state index is 12.2. The molecule has 0 unspecified atom stereocenters. The van der Waals surface area contributed by atoms with Gasteiger partial charge in [-0.05, 0) is 37.8 Å². The summed E-state index contributed by atoms with van der Waals surface area (Å²) in [6.07, 6.45) is 0.800. The van der Waals surface area contributed by atoms with E-state index in [0.717, 1.165) is 6.42 Å². The molecule has 1 aromatic carbocycles. The Balaban J connectivity index is 2.90. The fourth-order valence-corrected chi connectivity index (χ4v) is 2.61. The van der Waals surface area contributed by atoms with E-state index < -0.39 is 4.92 Å². The van der Waals surface area contributed by atoms with Crippen LogP contribution in [-0.2, 0) is 0 Å². The first-order valence-corrected chi connectivity index (χ1v) is 6.78. The number of carbonyl (C=O) groups is 1. The lowest BCUT2D eigenvalue weighted by Gasteiger charge is -2.33. The third kappa shape index (κ3) is 5.06. The van der Waals surface area contributed by atoms with Crippen LogP contribution in [-0.4, -0.2) is 16.4 Å². The smallest absolute Gasteiger partial charge is 0.292 e. The fraction of sp³-hybridized carbons (Fsp3) is 0.533. The number of anilines is 1. The quantitative estimate of drug-likeness (QED) is 0.506. The zero-order chi connectivity index (χ0) is 16.4. The normalized spacial score (nSPS) is 12.0. The van der Waals surface area contributed by atoms with E-state index in [1.807, 2.05) is 13.8 Å². The van der Waals surface area contributed by atoms with E-state index in [1.54, 1.807) is 0 Å². The second-order valence-corrected chi connectivity index (χ2v) is 7.11. The number of nitrogens with zero attached hydrogens (tertiary/aromatic N) is 1. The van der Waals surface area contributed by atoms with Crippen LogP contribution in [0.4, 0.5) is 11.4 Å². The summed E-state index contributed by atoms with van der Waals surface area (Å²) in [4.78, 5) is 22.4. The topological polar surface area (TPSA) is 98.3 Å². The van der Waals surface area contributed by atoms with Crippen LogP contribution >= 0.6 is 0 Å². The van der Waals surface area contributed by atoms with Crippen molar-refractivity contribution >= 4 is 17.3 Å². The van der Waals surface area contributed by atoms with E-state index in [9.17, 15) is 14.9 Å². The molecule has 0 aliphatic carbocycles. The minimum absolute atomic E-state index is 0.0127. The summed E-state index contributed by atoms with van der Waals surface area (Å²) < 4.78 is 0. The molecular formula is C15H23N3O3. The number of hydrogen-bond acceptors (Lipinski definition) is 4. The molecule has 1 amide bonds. The number of carbonyl (C=O) groups excluding carboxylic acids is 1. The third-order valence-electron chi connectivity index (χ3n) is 2.91. The van der Waals surface area contributed by atoms with Crippen LogP contribution in [0.25, 0.3) is 0 Å². The van der Waals surface area contributed by atoms with Crippen molar-refractivity contribution in [2.45, 2.75) is 46.6 Å². The lowest BCUT2D eigenvalue weighted by Crippen LogP contribution is -2.45. The molecule has 1 rings (SSSR count). The van der Waals surface area contributed by atoms with Gasteiger partial charge >= 0.3 is 0 Å². The molecule has 0 fully saturated rings. The van der Waals surface area contributed by atoms with E-state index >= 15 is 0 Å². The molecule has 0 spiro atoms. The molecular weight excluding hydrogens is 270 g/mol. The van der Waals surface area contributed by atoms with Crippen LogP contribution in [0.5, 0.6) is 0 Å². The summed E-state index contributed by atoms with van der Waals surface area (Å²) >= 11 is 0. The Morgan fingerprint density at radius 1 is 1.29 bits per heavy atom. The van der Waals surface area contributed by atoms with Gasteiger partial charge in [0.2, 0.25) is 0 Å². The molecule has 3 N–H and O–H groups in total. The molecule has 1 aromatic rings. The first-order chi connectivity index (χ1) is 9.41. The number of benzene rings is 1. The van der Waals surface area contributed by atoms with E-state index in [4.69, 9.17) is 5.73 Å². The summed E-state index contributed by atoms with van der Waals surface area (Å²) in [5.74, 6) is -0.286. The van der Waals surface area contributed by atoms with Crippen molar-refractivity contribution in [2.75, 3.05) is 5.73 Å². The number of nitrogens with two attached hydrogens (primary N) is 1. The summed E-state index contributed by atoms with van der Waals surface area (Å²) in [5, 5.41) is 13.7. The Hall–Kier alpha value is -2.11. The fourth-order valence-electron chi connectivity index (χ4n) is 2.61. The van der Waals surface area contributed by atoms with Gasteiger partial charge in [-0.3, -0.25) is 14.9 Å². The summed E-state index contributed by atoms with van der Waals surface area (Å²) in [6.45, 7) is 10.2. The van der Waals surface area contributed by atoms with Crippen molar-refractivity contribution in [3.05, 3.63) is 33.9 Å². The molecule has 116 valence electrons. The Bertz CT molecular complexity index is 560. The first kappa shape index (κ1) is 16.9. The van der Waals surface area contributed by atoms with Crippen molar-refractivity contribution in [3.8, 4) is 0 Å². The van der Waals surface area contributed by atoms with Gasteiger partial charge in [0.15, 0.2) is 0 Å². The zero-order valence-electron chi connectivity index (χ0n) is 13.2. The van der Waals surface area contributed by atoms with Gasteiger partial charge in [0, 0.05) is 17.2 Å². The highest BCUT2D eigenvalue weighted by molar-refractivity contribution is 5.96. The lowest BCUT2D eigenvalue weighted by molar-refractivity contribution is -0.383. The van der Waals surface area contributed by atoms with Crippen molar-refractivity contribution in [1.82, 2.24) is 5.32 Å². The summed E-state index contributed by atoms with van der Waals surface area (Å²) in [7, 11) is 0. The minimum Gasteiger partial charge on any atom is -0.393 e. The summed E-state index contributed by atoms with van der Waals surface area (Å²) in [6, 6.07) is 4.00. The van der Waals surface area contributed by atoms with Crippen molar-refractivity contribution in [2.24, 2.45) is 5.41 Å². The zero-order valence-corrected chi connectivity index (χ0v) is 13.2. The van der Waals surface area contributed by atoms with E-state index in [2.05, 4.69) is 26.1 Å². The van der Waals surface area contributed by atoms with E-state index in [-0.39, 0.29) is 28.2 Å². The number of amides is 1. The van der Waals surface area contributed by atoms with Crippen LogP contribution in [0, 0.1) is 15.5 Å². The standard InChI is InChI=1S/C15H23N3O3/c1-14(2,3)9-15(4,5)17-13(19)10-6-7-12(18(20)21)11(16)8-10/h6-8H,9,16H2,1-5H3,(H,17,19). The highest BCUT2D eigenvalue weighted by Gasteiger charge is 2.27. The predicted molar refractivity (Wildman–Crippen MR) is 83.1 cm³/mol. The second-order valence-electron chi connectivity index (χ2n) is 7.11. The van der Waals surface area contributed by atoms with Gasteiger partial charge in [-0.15, -0.1) is 0 Å². The highest BCUT2D eigenvalue weighted by atomic mass is 16.6. The highest BCUT2D eigenvalue weighted by Crippen LogP contribution is 2.27. The molecule has 0 aliphatic heterocycles. The van der Waals surface area contributed by atoms with Crippen LogP contribution in [0.15, 0.2) is 18.2 Å². The lowest BCUT2D eigenvalue weighted by atomic mass is 9.81. The minimum atomic E-state index is -0.569. The van der Waals surface area contributed by atoms with E-state index in [1.165, 1.54) is 18.2 Å². The van der Waals surface area contributed by atoms with Crippen LogP contribution in [0.3, 0.4) is 0 Å². The van der Waals surface area contributed by atoms with Gasteiger partial charge in [0.25, 0.3) is 11.6 Å². The molecule has 21 heavy (non-hydrogen) atoms. The summed E-state index contributed by atoms with van der Waals surface area (Å²) in [5.41, 5.74) is 5.41. The molecule has 0 radical (unpaired) electrons. The third-order valence-corrected chi connectivity index (χ3v) is 2.91. The molecule has 0 heterocycles. The number of rotatable bonds is 4. The van der Waals surface area contributed by atoms with Crippen LogP contribution in [0.1, 0.15) is 51.4 Å². The molecule has 0 bridgehead atoms. The predicted octanol–water partition coefficient (Wildman–Crippen LogP) is 3.12. The molecule has 6 heteroatoms. The van der Waals surface area contributed by atoms with E-state index in [0.29, 0.717) is 5.56 Å². The van der Waals surface area contributed by atoms with Gasteiger partial charge in [-0.1, -0.05) is 20.8 Å². The first-order valence-electron chi connectivity index (χ1n) is 6.78. The SMILES string of the molecule is CC(C)(C)CC(C)(C)NC(=O)c1ccc([N+](=O)[O-])c(N)c1. The number of nitro groups is 1. The van der Waals surface area contributed by atoms with Gasteiger partial charge < -0.3 is 11.1 Å². The Morgan fingerprint density at radius 3 is 2.29 bits per heavy atom. The van der Waals surface area contributed by atoms with Crippen molar-refractivity contribution in [1.29, 1.82) is 0 Å². The molecule has 0 aliphatic rings. The molecule has 0 aromatic heterocycles.